The summed E-state index contributed by atoms with van der Waals surface area (Å²) < 4.78 is 0. The lowest BCUT2D eigenvalue weighted by atomic mass is 9.76. The zero-order chi connectivity index (χ0) is 13.9. The molecule has 19 heavy (non-hydrogen) atoms. The third-order valence-corrected chi connectivity index (χ3v) is 3.87. The molecular weight excluding hydrogens is 242 g/mol. The summed E-state index contributed by atoms with van der Waals surface area (Å²) in [7, 11) is 0. The van der Waals surface area contributed by atoms with Crippen molar-refractivity contribution in [2.45, 2.75) is 38.1 Å². The van der Waals surface area contributed by atoms with Gasteiger partial charge in [-0.05, 0) is 24.8 Å². The van der Waals surface area contributed by atoms with E-state index in [1.165, 1.54) is 12.5 Å². The molecule has 5 heteroatoms. The first-order valence-corrected chi connectivity index (χ1v) is 6.77. The zero-order valence-corrected chi connectivity index (χ0v) is 11.2. The Bertz CT molecular complexity index is 511. The molecule has 0 radical (unpaired) electrons. The van der Waals surface area contributed by atoms with Crippen LogP contribution in [0, 0.1) is 5.92 Å². The van der Waals surface area contributed by atoms with Gasteiger partial charge < -0.3 is 16.0 Å². The highest BCUT2D eigenvalue weighted by molar-refractivity contribution is 5.92. The van der Waals surface area contributed by atoms with Crippen LogP contribution >= 0.6 is 0 Å². The lowest BCUT2D eigenvalue weighted by Crippen LogP contribution is -2.56. The number of carbonyl (C=O) groups excluding carboxylic acids is 1. The van der Waals surface area contributed by atoms with Gasteiger partial charge in [0.25, 0.3) is 5.91 Å². The summed E-state index contributed by atoms with van der Waals surface area (Å²) in [5.74, 6) is 0.310. The van der Waals surface area contributed by atoms with Crippen LogP contribution in [0.1, 0.15) is 43.1 Å². The third-order valence-electron chi connectivity index (χ3n) is 3.87. The van der Waals surface area contributed by atoms with Crippen LogP contribution in [0.4, 0.5) is 0 Å². The molecule has 2 atom stereocenters. The van der Waals surface area contributed by atoms with E-state index in [0.717, 1.165) is 19.3 Å². The lowest BCUT2D eigenvalue weighted by molar-refractivity contribution is 0.0848. The van der Waals surface area contributed by atoms with Crippen molar-refractivity contribution in [3.8, 4) is 0 Å². The summed E-state index contributed by atoms with van der Waals surface area (Å²) in [5.41, 5.74) is 5.56. The molecule has 1 aliphatic carbocycles. The Hall–Kier alpha value is -1.62. The molecule has 1 aliphatic rings. The number of hydrogen-bond donors (Lipinski definition) is 3. The van der Waals surface area contributed by atoms with E-state index in [1.807, 2.05) is 0 Å². The normalized spacial score (nSPS) is 26.9. The molecule has 0 bridgehead atoms. The van der Waals surface area contributed by atoms with Crippen LogP contribution < -0.4 is 16.6 Å². The minimum atomic E-state index is -0.332. The smallest absolute Gasteiger partial charge is 0.268 e. The largest absolute Gasteiger partial charge is 0.344 e. The van der Waals surface area contributed by atoms with Crippen molar-refractivity contribution in [1.29, 1.82) is 0 Å². The first-order valence-electron chi connectivity index (χ1n) is 6.77. The molecule has 1 aromatic heterocycles. The average molecular weight is 263 g/mol. The molecule has 4 N–H and O–H groups in total. The first kappa shape index (κ1) is 13.8. The van der Waals surface area contributed by atoms with Crippen molar-refractivity contribution >= 4 is 5.91 Å². The van der Waals surface area contributed by atoms with E-state index >= 15 is 0 Å². The highest BCUT2D eigenvalue weighted by Gasteiger charge is 2.35. The summed E-state index contributed by atoms with van der Waals surface area (Å²) in [6.07, 6.45) is 4.05. The van der Waals surface area contributed by atoms with E-state index in [2.05, 4.69) is 17.2 Å². The fourth-order valence-corrected chi connectivity index (χ4v) is 2.90. The van der Waals surface area contributed by atoms with Gasteiger partial charge in [0.05, 0.1) is 5.54 Å². The summed E-state index contributed by atoms with van der Waals surface area (Å²) in [6.45, 7) is 2.61. The van der Waals surface area contributed by atoms with Crippen LogP contribution in [0.25, 0.3) is 0 Å². The molecule has 0 spiro atoms. The molecule has 104 valence electrons. The molecule has 1 fully saturated rings. The number of carbonyl (C=O) groups is 1. The fraction of sp³-hybridized carbons (Fsp3) is 0.571. The molecular formula is C14H21N3O2. The van der Waals surface area contributed by atoms with Crippen molar-refractivity contribution in [3.63, 3.8) is 0 Å². The molecule has 2 rings (SSSR count). The molecule has 1 saturated carbocycles. The highest BCUT2D eigenvalue weighted by atomic mass is 16.2. The van der Waals surface area contributed by atoms with Crippen molar-refractivity contribution < 1.29 is 4.79 Å². The van der Waals surface area contributed by atoms with Crippen molar-refractivity contribution in [2.24, 2.45) is 11.7 Å². The molecule has 0 aliphatic heterocycles. The number of hydrogen-bond acceptors (Lipinski definition) is 3. The SMILES string of the molecule is CC1CCCC(CN)(NC(=O)c2cccc(=O)[nH]2)C1. The van der Waals surface area contributed by atoms with Crippen LogP contribution in [0.5, 0.6) is 0 Å². The second kappa shape index (κ2) is 5.57. The average Bonchev–Trinajstić information content (AvgIpc) is 2.38. The summed E-state index contributed by atoms with van der Waals surface area (Å²) >= 11 is 0. The Kier molecular flexibility index (Phi) is 4.04. The highest BCUT2D eigenvalue weighted by Crippen LogP contribution is 2.31. The summed E-state index contributed by atoms with van der Waals surface area (Å²) in [4.78, 5) is 26.0. The predicted molar refractivity (Wildman–Crippen MR) is 73.9 cm³/mol. The summed E-state index contributed by atoms with van der Waals surface area (Å²) in [6, 6.07) is 4.57. The zero-order valence-electron chi connectivity index (χ0n) is 11.2. The van der Waals surface area contributed by atoms with Gasteiger partial charge in [0.2, 0.25) is 5.56 Å². The molecule has 0 saturated heterocycles. The Labute approximate surface area is 112 Å². The number of aromatic amines is 1. The maximum Gasteiger partial charge on any atom is 0.268 e. The van der Waals surface area contributed by atoms with Crippen molar-refractivity contribution in [1.82, 2.24) is 10.3 Å². The number of aromatic nitrogens is 1. The Morgan fingerprint density at radius 2 is 2.37 bits per heavy atom. The molecule has 2 unspecified atom stereocenters. The van der Waals surface area contributed by atoms with Crippen LogP contribution in [-0.2, 0) is 0 Å². The number of rotatable bonds is 3. The minimum absolute atomic E-state index is 0.253. The molecule has 5 nitrogen and oxygen atoms in total. The van der Waals surface area contributed by atoms with Gasteiger partial charge in [0.15, 0.2) is 0 Å². The lowest BCUT2D eigenvalue weighted by Gasteiger charge is -2.39. The van der Waals surface area contributed by atoms with Gasteiger partial charge in [-0.15, -0.1) is 0 Å². The van der Waals surface area contributed by atoms with E-state index in [4.69, 9.17) is 5.73 Å². The van der Waals surface area contributed by atoms with Crippen LogP contribution in [0.3, 0.4) is 0 Å². The predicted octanol–water partition coefficient (Wildman–Crippen LogP) is 1.01. The van der Waals surface area contributed by atoms with Crippen molar-refractivity contribution in [2.75, 3.05) is 6.54 Å². The third kappa shape index (κ3) is 3.23. The van der Waals surface area contributed by atoms with Gasteiger partial charge >= 0.3 is 0 Å². The number of amides is 1. The standard InChI is InChI=1S/C14H21N3O2/c1-10-4-3-7-14(8-10,9-15)17-13(19)11-5-2-6-12(18)16-11/h2,5-6,10H,3-4,7-9,15H2,1H3,(H,16,18)(H,17,19). The minimum Gasteiger partial charge on any atom is -0.344 e. The monoisotopic (exact) mass is 263 g/mol. The van der Waals surface area contributed by atoms with Crippen LogP contribution in [-0.4, -0.2) is 23.0 Å². The maximum absolute atomic E-state index is 12.2. The molecule has 0 aromatic carbocycles. The number of nitrogens with two attached hydrogens (primary N) is 1. The van der Waals surface area contributed by atoms with E-state index < -0.39 is 0 Å². The molecule has 1 aromatic rings. The molecule has 1 amide bonds. The van der Waals surface area contributed by atoms with E-state index in [1.54, 1.807) is 12.1 Å². The maximum atomic E-state index is 12.2. The van der Waals surface area contributed by atoms with E-state index in [0.29, 0.717) is 18.2 Å². The van der Waals surface area contributed by atoms with Gasteiger partial charge in [-0.2, -0.15) is 0 Å². The van der Waals surface area contributed by atoms with Gasteiger partial charge in [0.1, 0.15) is 5.69 Å². The quantitative estimate of drug-likeness (QED) is 0.760. The molecule has 1 heterocycles. The van der Waals surface area contributed by atoms with E-state index in [-0.39, 0.29) is 17.0 Å². The fourth-order valence-electron chi connectivity index (χ4n) is 2.90. The number of nitrogens with one attached hydrogen (secondary N) is 2. The van der Waals surface area contributed by atoms with Crippen molar-refractivity contribution in [3.05, 3.63) is 34.2 Å². The van der Waals surface area contributed by atoms with Crippen LogP contribution in [0.2, 0.25) is 0 Å². The van der Waals surface area contributed by atoms with Gasteiger partial charge in [-0.3, -0.25) is 9.59 Å². The number of pyridine rings is 1. The van der Waals surface area contributed by atoms with Gasteiger partial charge in [0, 0.05) is 12.6 Å². The second-order valence-corrected chi connectivity index (χ2v) is 5.57. The van der Waals surface area contributed by atoms with Crippen LogP contribution in [0.15, 0.2) is 23.0 Å². The first-order chi connectivity index (χ1) is 9.04. The Balaban J connectivity index is 2.14. The van der Waals surface area contributed by atoms with Gasteiger partial charge in [-0.25, -0.2) is 0 Å². The Morgan fingerprint density at radius 3 is 3.00 bits per heavy atom. The van der Waals surface area contributed by atoms with E-state index in [9.17, 15) is 9.59 Å². The second-order valence-electron chi connectivity index (χ2n) is 5.57. The Morgan fingerprint density at radius 1 is 1.58 bits per heavy atom. The van der Waals surface area contributed by atoms with Gasteiger partial charge in [-0.1, -0.05) is 25.8 Å². The topological polar surface area (TPSA) is 88.0 Å². The summed E-state index contributed by atoms with van der Waals surface area (Å²) in [5, 5.41) is 3.02. The number of H-pyrrole nitrogens is 1.